The molecular weight excluding hydrogens is 204 g/mol. The Morgan fingerprint density at radius 3 is 2.80 bits per heavy atom. The van der Waals surface area contributed by atoms with Crippen molar-refractivity contribution >= 4 is 11.3 Å². The van der Waals surface area contributed by atoms with Gasteiger partial charge in [-0.15, -0.1) is 17.8 Å². The van der Waals surface area contributed by atoms with Crippen molar-refractivity contribution in [1.29, 1.82) is 0 Å². The third-order valence-electron chi connectivity index (χ3n) is 2.10. The molecule has 1 nitrogen and oxygen atoms in total. The minimum Gasteiger partial charge on any atom is -0.497 e. The first-order chi connectivity index (χ1) is 7.33. The molecule has 0 atom stereocenters. The van der Waals surface area contributed by atoms with E-state index < -0.39 is 0 Å². The van der Waals surface area contributed by atoms with Crippen molar-refractivity contribution in [3.63, 3.8) is 0 Å². The van der Waals surface area contributed by atoms with Crippen LogP contribution in [0.25, 0.3) is 10.4 Å². The molecule has 1 heterocycles. The van der Waals surface area contributed by atoms with E-state index in [1.54, 1.807) is 18.4 Å². The van der Waals surface area contributed by atoms with Gasteiger partial charge in [-0.3, -0.25) is 0 Å². The third-order valence-corrected chi connectivity index (χ3v) is 3.17. The van der Waals surface area contributed by atoms with Gasteiger partial charge in [-0.25, -0.2) is 0 Å². The zero-order valence-corrected chi connectivity index (χ0v) is 9.17. The highest BCUT2D eigenvalue weighted by atomic mass is 32.1. The second-order valence-electron chi connectivity index (χ2n) is 3.04. The molecule has 0 radical (unpaired) electrons. The van der Waals surface area contributed by atoms with Gasteiger partial charge < -0.3 is 4.74 Å². The topological polar surface area (TPSA) is 9.23 Å². The highest BCUT2D eigenvalue weighted by Gasteiger charge is 2.02. The summed E-state index contributed by atoms with van der Waals surface area (Å²) in [6, 6.07) is 12.0. The van der Waals surface area contributed by atoms with Crippen LogP contribution in [0.15, 0.2) is 36.4 Å². The Labute approximate surface area is 93.3 Å². The largest absolute Gasteiger partial charge is 0.497 e. The van der Waals surface area contributed by atoms with Gasteiger partial charge in [0.2, 0.25) is 0 Å². The van der Waals surface area contributed by atoms with Gasteiger partial charge in [0.15, 0.2) is 0 Å². The van der Waals surface area contributed by atoms with E-state index in [4.69, 9.17) is 11.2 Å². The van der Waals surface area contributed by atoms with E-state index in [0.717, 1.165) is 16.2 Å². The summed E-state index contributed by atoms with van der Waals surface area (Å²) in [7, 11) is 1.67. The first-order valence-electron chi connectivity index (χ1n) is 4.54. The Morgan fingerprint density at radius 2 is 2.13 bits per heavy atom. The lowest BCUT2D eigenvalue weighted by Crippen LogP contribution is -1.81. The van der Waals surface area contributed by atoms with Crippen LogP contribution in [0.2, 0.25) is 0 Å². The standard InChI is InChI=1S/C13H10OS/c1-3-12-7-8-13(15-12)10-5-4-6-11(9-10)14-2/h1,4-9H,2H3. The highest BCUT2D eigenvalue weighted by molar-refractivity contribution is 7.16. The summed E-state index contributed by atoms with van der Waals surface area (Å²) in [6.45, 7) is 0. The van der Waals surface area contributed by atoms with Gasteiger partial charge in [-0.05, 0) is 29.8 Å². The minimum atomic E-state index is 0.864. The number of hydrogen-bond acceptors (Lipinski definition) is 2. The molecule has 1 aromatic heterocycles. The van der Waals surface area contributed by atoms with E-state index in [-0.39, 0.29) is 0 Å². The first-order valence-corrected chi connectivity index (χ1v) is 5.36. The van der Waals surface area contributed by atoms with E-state index in [0.29, 0.717) is 0 Å². The van der Waals surface area contributed by atoms with Crippen molar-refractivity contribution in [2.75, 3.05) is 7.11 Å². The molecule has 1 aromatic carbocycles. The highest BCUT2D eigenvalue weighted by Crippen LogP contribution is 2.29. The maximum atomic E-state index is 5.33. The lowest BCUT2D eigenvalue weighted by atomic mass is 10.2. The number of ether oxygens (including phenoxy) is 1. The van der Waals surface area contributed by atoms with Gasteiger partial charge in [-0.1, -0.05) is 18.1 Å². The van der Waals surface area contributed by atoms with Gasteiger partial charge in [0.05, 0.1) is 12.0 Å². The molecule has 15 heavy (non-hydrogen) atoms. The Morgan fingerprint density at radius 1 is 1.27 bits per heavy atom. The van der Waals surface area contributed by atoms with Crippen molar-refractivity contribution in [3.8, 4) is 28.5 Å². The predicted molar refractivity (Wildman–Crippen MR) is 64.2 cm³/mol. The molecule has 0 aliphatic rings. The number of rotatable bonds is 2. The summed E-state index contributed by atoms with van der Waals surface area (Å²) in [5.74, 6) is 3.50. The fourth-order valence-corrected chi connectivity index (χ4v) is 2.16. The summed E-state index contributed by atoms with van der Waals surface area (Å²) >= 11 is 1.61. The molecule has 74 valence electrons. The monoisotopic (exact) mass is 214 g/mol. The van der Waals surface area contributed by atoms with Gasteiger partial charge in [-0.2, -0.15) is 0 Å². The summed E-state index contributed by atoms with van der Waals surface area (Å²) in [4.78, 5) is 2.12. The third kappa shape index (κ3) is 2.03. The average Bonchev–Trinajstić information content (AvgIpc) is 2.78. The van der Waals surface area contributed by atoms with E-state index in [1.807, 2.05) is 30.3 Å². The second kappa shape index (κ2) is 4.20. The molecule has 0 amide bonds. The van der Waals surface area contributed by atoms with Crippen molar-refractivity contribution in [2.45, 2.75) is 0 Å². The lowest BCUT2D eigenvalue weighted by molar-refractivity contribution is 0.415. The normalized spacial score (nSPS) is 9.60. The smallest absolute Gasteiger partial charge is 0.119 e. The van der Waals surface area contributed by atoms with E-state index in [9.17, 15) is 0 Å². The lowest BCUT2D eigenvalue weighted by Gasteiger charge is -2.01. The van der Waals surface area contributed by atoms with Crippen molar-refractivity contribution in [3.05, 3.63) is 41.3 Å². The molecule has 0 aliphatic heterocycles. The van der Waals surface area contributed by atoms with E-state index in [2.05, 4.69) is 12.0 Å². The summed E-state index contributed by atoms with van der Waals surface area (Å²) in [5, 5.41) is 0. The molecule has 0 saturated heterocycles. The zero-order valence-electron chi connectivity index (χ0n) is 8.36. The maximum absolute atomic E-state index is 5.33. The van der Waals surface area contributed by atoms with Gasteiger partial charge in [0.25, 0.3) is 0 Å². The minimum absolute atomic E-state index is 0.864. The van der Waals surface area contributed by atoms with Crippen LogP contribution in [0.4, 0.5) is 0 Å². The maximum Gasteiger partial charge on any atom is 0.119 e. The first kappa shape index (κ1) is 9.82. The number of benzene rings is 1. The van der Waals surface area contributed by atoms with E-state index >= 15 is 0 Å². The molecule has 2 aromatic rings. The van der Waals surface area contributed by atoms with Gasteiger partial charge >= 0.3 is 0 Å². The van der Waals surface area contributed by atoms with Crippen LogP contribution in [-0.2, 0) is 0 Å². The van der Waals surface area contributed by atoms with Crippen LogP contribution in [0.5, 0.6) is 5.75 Å². The molecule has 0 spiro atoms. The Balaban J connectivity index is 2.41. The number of thiophene rings is 1. The molecule has 0 saturated carbocycles. The van der Waals surface area contributed by atoms with Crippen LogP contribution in [0, 0.1) is 12.3 Å². The SMILES string of the molecule is C#Cc1ccc(-c2cccc(OC)c2)s1. The van der Waals surface area contributed by atoms with Gasteiger partial charge in [0, 0.05) is 4.88 Å². The number of hydrogen-bond donors (Lipinski definition) is 0. The fraction of sp³-hybridized carbons (Fsp3) is 0.0769. The molecule has 0 aliphatic carbocycles. The van der Waals surface area contributed by atoms with Crippen LogP contribution >= 0.6 is 11.3 Å². The summed E-state index contributed by atoms with van der Waals surface area (Å²) in [6.07, 6.45) is 5.33. The van der Waals surface area contributed by atoms with Crippen molar-refractivity contribution < 1.29 is 4.74 Å². The molecule has 0 fully saturated rings. The average molecular weight is 214 g/mol. The second-order valence-corrected chi connectivity index (χ2v) is 4.12. The van der Waals surface area contributed by atoms with Crippen molar-refractivity contribution in [1.82, 2.24) is 0 Å². The molecule has 2 rings (SSSR count). The predicted octanol–water partition coefficient (Wildman–Crippen LogP) is 3.41. The molecule has 2 heteroatoms. The fourth-order valence-electron chi connectivity index (χ4n) is 1.35. The Bertz CT molecular complexity index is 505. The summed E-state index contributed by atoms with van der Waals surface area (Å²) in [5.41, 5.74) is 1.14. The van der Waals surface area contributed by atoms with Crippen LogP contribution in [0.3, 0.4) is 0 Å². The number of methoxy groups -OCH3 is 1. The molecule has 0 N–H and O–H groups in total. The molecule has 0 unspecified atom stereocenters. The van der Waals surface area contributed by atoms with Crippen LogP contribution in [-0.4, -0.2) is 7.11 Å². The molecule has 0 bridgehead atoms. The number of terminal acetylenes is 1. The summed E-state index contributed by atoms with van der Waals surface area (Å²) < 4.78 is 5.17. The Hall–Kier alpha value is -1.72. The van der Waals surface area contributed by atoms with Crippen LogP contribution < -0.4 is 4.74 Å². The van der Waals surface area contributed by atoms with Crippen LogP contribution in [0.1, 0.15) is 4.88 Å². The zero-order chi connectivity index (χ0) is 10.7. The van der Waals surface area contributed by atoms with E-state index in [1.165, 1.54) is 4.88 Å². The quantitative estimate of drug-likeness (QED) is 0.696. The Kier molecular flexibility index (Phi) is 2.75. The van der Waals surface area contributed by atoms with Gasteiger partial charge in [0.1, 0.15) is 5.75 Å². The van der Waals surface area contributed by atoms with Crippen molar-refractivity contribution in [2.24, 2.45) is 0 Å². The molecular formula is C13H10OS.